The molecule has 3 fully saturated rings. The van der Waals surface area contributed by atoms with Crippen molar-refractivity contribution in [2.75, 3.05) is 19.8 Å². The molecule has 6 heteroatoms. The molecule has 2 heterocycles. The average molecular weight is 414 g/mol. The summed E-state index contributed by atoms with van der Waals surface area (Å²) in [6.45, 7) is 7.46. The molecule has 4 atom stereocenters. The minimum Gasteiger partial charge on any atom is -0.465 e. The predicted octanol–water partition coefficient (Wildman–Crippen LogP) is 3.83. The molecule has 1 spiro atoms. The van der Waals surface area contributed by atoms with Crippen molar-refractivity contribution in [1.82, 2.24) is 0 Å². The molecule has 0 aromatic heterocycles. The summed E-state index contributed by atoms with van der Waals surface area (Å²) >= 11 is 0. The third kappa shape index (κ3) is 2.62. The van der Waals surface area contributed by atoms with Crippen molar-refractivity contribution >= 4 is 11.9 Å². The van der Waals surface area contributed by atoms with Crippen LogP contribution in [0.5, 0.6) is 5.75 Å². The van der Waals surface area contributed by atoms with Crippen LogP contribution in [0.25, 0.3) is 0 Å². The van der Waals surface area contributed by atoms with E-state index in [4.69, 9.17) is 18.9 Å². The molecule has 1 aromatic carbocycles. The van der Waals surface area contributed by atoms with E-state index in [1.165, 1.54) is 0 Å². The lowest BCUT2D eigenvalue weighted by atomic mass is 9.52. The van der Waals surface area contributed by atoms with E-state index in [2.05, 4.69) is 13.8 Å². The maximum absolute atomic E-state index is 13.5. The normalized spacial score (nSPS) is 35.7. The second-order valence-electron chi connectivity index (χ2n) is 9.97. The maximum Gasteiger partial charge on any atom is 0.329 e. The van der Waals surface area contributed by atoms with E-state index in [0.717, 1.165) is 24.8 Å². The lowest BCUT2D eigenvalue weighted by molar-refractivity contribution is -0.347. The first-order chi connectivity index (χ1) is 14.3. The average Bonchev–Trinajstić information content (AvgIpc) is 3.22. The lowest BCUT2D eigenvalue weighted by Crippen LogP contribution is -2.66. The van der Waals surface area contributed by atoms with E-state index in [1.54, 1.807) is 13.0 Å². The molecule has 4 unspecified atom stereocenters. The molecule has 0 radical (unpaired) electrons. The Balaban J connectivity index is 1.67. The Bertz CT molecular complexity index is 866. The van der Waals surface area contributed by atoms with Gasteiger partial charge in [0.05, 0.1) is 19.8 Å². The van der Waals surface area contributed by atoms with Crippen LogP contribution in [0.1, 0.15) is 57.9 Å². The molecule has 0 bridgehead atoms. The van der Waals surface area contributed by atoms with Crippen LogP contribution in [0.3, 0.4) is 0 Å². The topological polar surface area (TPSA) is 71.1 Å². The van der Waals surface area contributed by atoms with Gasteiger partial charge in [-0.25, -0.2) is 0 Å². The van der Waals surface area contributed by atoms with Gasteiger partial charge in [0, 0.05) is 23.7 Å². The molecule has 1 saturated heterocycles. The monoisotopic (exact) mass is 414 g/mol. The Morgan fingerprint density at radius 3 is 2.57 bits per heavy atom. The molecular formula is C24H30O6. The maximum atomic E-state index is 13.5. The standard InChI is InChI=1S/C24H30O6/c1-4-27-20(25)24-17-10-7-9-16(17)23(28-13-22(2,3)14-29-23)12-18(24)15-8-5-6-11-19(15)30-21(24)26/h5-6,8,11,16-18H,4,7,9-10,12-14H2,1-3H3. The van der Waals surface area contributed by atoms with Crippen LogP contribution in [0.4, 0.5) is 0 Å². The van der Waals surface area contributed by atoms with Crippen LogP contribution >= 0.6 is 0 Å². The van der Waals surface area contributed by atoms with Crippen molar-refractivity contribution in [1.29, 1.82) is 0 Å². The summed E-state index contributed by atoms with van der Waals surface area (Å²) in [5, 5.41) is 0. The fraction of sp³-hybridized carbons (Fsp3) is 0.667. The molecule has 0 N–H and O–H groups in total. The number of esters is 2. The van der Waals surface area contributed by atoms with Crippen LogP contribution < -0.4 is 4.74 Å². The minimum atomic E-state index is -1.34. The highest BCUT2D eigenvalue weighted by Gasteiger charge is 2.73. The first-order valence-corrected chi connectivity index (χ1v) is 11.1. The van der Waals surface area contributed by atoms with E-state index in [1.807, 2.05) is 18.2 Å². The quantitative estimate of drug-likeness (QED) is 0.416. The van der Waals surface area contributed by atoms with Gasteiger partial charge in [0.2, 0.25) is 0 Å². The minimum absolute atomic E-state index is 0.0351. The van der Waals surface area contributed by atoms with Gasteiger partial charge in [0.1, 0.15) is 5.75 Å². The molecule has 2 aliphatic heterocycles. The highest BCUT2D eigenvalue weighted by Crippen LogP contribution is 2.66. The van der Waals surface area contributed by atoms with Gasteiger partial charge < -0.3 is 18.9 Å². The number of para-hydroxylation sites is 1. The Hall–Kier alpha value is -1.92. The second kappa shape index (κ2) is 6.79. The zero-order valence-corrected chi connectivity index (χ0v) is 17.9. The summed E-state index contributed by atoms with van der Waals surface area (Å²) in [7, 11) is 0. The SMILES string of the molecule is CCOC(=O)C12C(=O)Oc3ccccc3C1CC1(OCC(C)(C)CO1)C1CCCC12. The van der Waals surface area contributed by atoms with Gasteiger partial charge in [0.15, 0.2) is 11.2 Å². The fourth-order valence-corrected chi connectivity index (χ4v) is 6.26. The number of carbonyl (C=O) groups is 2. The largest absolute Gasteiger partial charge is 0.465 e. The molecule has 30 heavy (non-hydrogen) atoms. The Labute approximate surface area is 177 Å². The molecule has 6 nitrogen and oxygen atoms in total. The van der Waals surface area contributed by atoms with Crippen LogP contribution in [0.2, 0.25) is 0 Å². The summed E-state index contributed by atoms with van der Waals surface area (Å²) < 4.78 is 24.3. The summed E-state index contributed by atoms with van der Waals surface area (Å²) in [5.41, 5.74) is -0.526. The summed E-state index contributed by atoms with van der Waals surface area (Å²) in [4.78, 5) is 27.0. The molecule has 2 saturated carbocycles. The molecule has 2 aliphatic carbocycles. The molecule has 0 amide bonds. The number of hydrogen-bond acceptors (Lipinski definition) is 6. The van der Waals surface area contributed by atoms with Gasteiger partial charge in [-0.15, -0.1) is 0 Å². The van der Waals surface area contributed by atoms with Gasteiger partial charge in [-0.1, -0.05) is 38.5 Å². The first kappa shape index (κ1) is 20.0. The number of rotatable bonds is 2. The van der Waals surface area contributed by atoms with Gasteiger partial charge in [0.25, 0.3) is 0 Å². The number of fused-ring (bicyclic) bond motifs is 6. The Morgan fingerprint density at radius 1 is 1.13 bits per heavy atom. The van der Waals surface area contributed by atoms with E-state index in [9.17, 15) is 9.59 Å². The van der Waals surface area contributed by atoms with Crippen LogP contribution in [-0.2, 0) is 23.8 Å². The zero-order valence-electron chi connectivity index (χ0n) is 17.9. The van der Waals surface area contributed by atoms with E-state index in [-0.39, 0.29) is 23.9 Å². The van der Waals surface area contributed by atoms with E-state index in [0.29, 0.717) is 25.4 Å². The molecular weight excluding hydrogens is 384 g/mol. The first-order valence-electron chi connectivity index (χ1n) is 11.1. The molecule has 1 aromatic rings. The van der Waals surface area contributed by atoms with Crippen molar-refractivity contribution in [3.63, 3.8) is 0 Å². The third-order valence-electron chi connectivity index (χ3n) is 7.57. The fourth-order valence-electron chi connectivity index (χ4n) is 6.26. The molecule has 5 rings (SSSR count). The van der Waals surface area contributed by atoms with Gasteiger partial charge in [-0.3, -0.25) is 9.59 Å². The highest BCUT2D eigenvalue weighted by atomic mass is 16.7. The third-order valence-corrected chi connectivity index (χ3v) is 7.57. The van der Waals surface area contributed by atoms with Crippen molar-refractivity contribution in [3.8, 4) is 5.75 Å². The van der Waals surface area contributed by atoms with E-state index < -0.39 is 29.1 Å². The van der Waals surface area contributed by atoms with Crippen molar-refractivity contribution in [2.45, 2.75) is 58.2 Å². The zero-order chi connectivity index (χ0) is 21.1. The summed E-state index contributed by atoms with van der Waals surface area (Å²) in [6.07, 6.45) is 3.01. The van der Waals surface area contributed by atoms with Crippen LogP contribution in [0, 0.1) is 22.7 Å². The number of carbonyl (C=O) groups excluding carboxylic acids is 2. The van der Waals surface area contributed by atoms with E-state index >= 15 is 0 Å². The van der Waals surface area contributed by atoms with Crippen molar-refractivity contribution in [2.24, 2.45) is 22.7 Å². The summed E-state index contributed by atoms with van der Waals surface area (Å²) in [5.74, 6) is -1.85. The van der Waals surface area contributed by atoms with Gasteiger partial charge in [-0.05, 0) is 37.3 Å². The van der Waals surface area contributed by atoms with Crippen LogP contribution in [-0.4, -0.2) is 37.5 Å². The highest BCUT2D eigenvalue weighted by molar-refractivity contribution is 6.04. The predicted molar refractivity (Wildman–Crippen MR) is 108 cm³/mol. The van der Waals surface area contributed by atoms with Crippen LogP contribution in [0.15, 0.2) is 24.3 Å². The van der Waals surface area contributed by atoms with Gasteiger partial charge in [-0.2, -0.15) is 0 Å². The lowest BCUT2D eigenvalue weighted by Gasteiger charge is -2.58. The number of hydrogen-bond donors (Lipinski definition) is 0. The number of benzene rings is 1. The number of ether oxygens (including phenoxy) is 4. The summed E-state index contributed by atoms with van der Waals surface area (Å²) in [6, 6.07) is 7.52. The smallest absolute Gasteiger partial charge is 0.329 e. The Kier molecular flexibility index (Phi) is 4.53. The van der Waals surface area contributed by atoms with Crippen molar-refractivity contribution < 1.29 is 28.5 Å². The van der Waals surface area contributed by atoms with Gasteiger partial charge >= 0.3 is 11.9 Å². The Morgan fingerprint density at radius 2 is 1.83 bits per heavy atom. The molecule has 162 valence electrons. The molecule has 4 aliphatic rings. The van der Waals surface area contributed by atoms with Crippen molar-refractivity contribution in [3.05, 3.63) is 29.8 Å². The second-order valence-corrected chi connectivity index (χ2v) is 9.97.